The summed E-state index contributed by atoms with van der Waals surface area (Å²) in [4.78, 5) is 0. The molecule has 0 spiro atoms. The van der Waals surface area contributed by atoms with Gasteiger partial charge in [-0.05, 0) is 6.07 Å². The van der Waals surface area contributed by atoms with Gasteiger partial charge in [-0.25, -0.2) is 0 Å². The molecular weight excluding hydrogens is 224 g/mol. The molecule has 0 bridgehead atoms. The maximum atomic E-state index is 9.75. The minimum Gasteiger partial charge on any atom is -0.418 e. The number of hydrogen-bond acceptors (Lipinski definition) is 1. The van der Waals surface area contributed by atoms with Gasteiger partial charge in [-0.1, -0.05) is 18.2 Å². The van der Waals surface area contributed by atoms with Crippen LogP contribution in [-0.2, 0) is 0 Å². The Labute approximate surface area is 122 Å². The van der Waals surface area contributed by atoms with Gasteiger partial charge in [-0.2, -0.15) is 5.26 Å². The van der Waals surface area contributed by atoms with E-state index in [9.17, 15) is 17.3 Å². The second kappa shape index (κ2) is 8.44. The monoisotopic (exact) mass is 228 g/mol. The summed E-state index contributed by atoms with van der Waals surface area (Å²) in [6, 6.07) is 11.8. The molecule has 0 amide bonds. The van der Waals surface area contributed by atoms with Crippen molar-refractivity contribution >= 4 is 7.25 Å². The van der Waals surface area contributed by atoms with Gasteiger partial charge in [0, 0.05) is 6.07 Å². The molecule has 7 heteroatoms. The maximum Gasteiger partial charge on any atom is 1.00 e. The first kappa shape index (κ1) is 16.6. The van der Waals surface area contributed by atoms with Crippen molar-refractivity contribution in [1.82, 2.24) is 0 Å². The van der Waals surface area contributed by atoms with Gasteiger partial charge >= 0.3 is 58.6 Å². The van der Waals surface area contributed by atoms with Gasteiger partial charge in [-0.15, -0.1) is 0 Å². The zero-order valence-electron chi connectivity index (χ0n) is 7.35. The molecule has 0 atom stereocenters. The van der Waals surface area contributed by atoms with E-state index in [1.807, 2.05) is 18.2 Å². The summed E-state index contributed by atoms with van der Waals surface area (Å²) in [5, 5.41) is 8.26. The van der Waals surface area contributed by atoms with E-state index >= 15 is 0 Å². The molecule has 1 aromatic carbocycles. The molecule has 0 aliphatic rings. The van der Waals surface area contributed by atoms with Gasteiger partial charge in [0.05, 0.1) is 11.6 Å². The van der Waals surface area contributed by atoms with Crippen LogP contribution in [0.25, 0.3) is 0 Å². The van der Waals surface area contributed by atoms with Crippen LogP contribution in [0.15, 0.2) is 24.3 Å². The summed E-state index contributed by atoms with van der Waals surface area (Å²) >= 11 is 0. The van der Waals surface area contributed by atoms with E-state index in [0.717, 1.165) is 0 Å². The number of rotatable bonds is 0. The Hall–Kier alpha value is 0.131. The second-order valence-electron chi connectivity index (χ2n) is 1.88. The fraction of sp³-hybridized carbons (Fsp3) is 0. The van der Waals surface area contributed by atoms with E-state index < -0.39 is 7.25 Å². The normalized spacial score (nSPS) is 8.79. The molecule has 14 heavy (non-hydrogen) atoms. The standard InChI is InChI=1S/C7H4N.BF4.K/c8-6-7-4-2-1-3-5-7;2-1(3,4)5;/h1-4H;;/q;-1;+1. The number of benzene rings is 1. The van der Waals surface area contributed by atoms with Gasteiger partial charge in [0.1, 0.15) is 0 Å². The molecule has 0 aliphatic heterocycles. The third kappa shape index (κ3) is 14.6. The molecule has 0 heterocycles. The van der Waals surface area contributed by atoms with Crippen molar-refractivity contribution in [2.75, 3.05) is 0 Å². The topological polar surface area (TPSA) is 23.8 Å². The average Bonchev–Trinajstić information content (AvgIpc) is 2.03. The second-order valence-corrected chi connectivity index (χ2v) is 1.88. The first-order valence-electron chi connectivity index (χ1n) is 3.17. The smallest absolute Gasteiger partial charge is 0.418 e. The average molecular weight is 228 g/mol. The van der Waals surface area contributed by atoms with Crippen LogP contribution < -0.4 is 51.4 Å². The van der Waals surface area contributed by atoms with Gasteiger partial charge in [0.15, 0.2) is 0 Å². The molecule has 1 rings (SSSR count). The van der Waals surface area contributed by atoms with Crippen LogP contribution in [0.3, 0.4) is 0 Å². The molecule has 0 aromatic heterocycles. The van der Waals surface area contributed by atoms with Crippen molar-refractivity contribution in [2.45, 2.75) is 0 Å². The molecule has 0 unspecified atom stereocenters. The van der Waals surface area contributed by atoms with E-state index in [2.05, 4.69) is 6.07 Å². The molecule has 0 aliphatic carbocycles. The molecule has 0 N–H and O–H groups in total. The summed E-state index contributed by atoms with van der Waals surface area (Å²) in [5.41, 5.74) is 0.590. The Morgan fingerprint density at radius 2 is 1.71 bits per heavy atom. The van der Waals surface area contributed by atoms with E-state index in [-0.39, 0.29) is 51.4 Å². The van der Waals surface area contributed by atoms with E-state index in [0.29, 0.717) is 5.56 Å². The van der Waals surface area contributed by atoms with Gasteiger partial charge in [0.25, 0.3) is 0 Å². The molecule has 0 fully saturated rings. The molecule has 1 nitrogen and oxygen atoms in total. The first-order valence-corrected chi connectivity index (χ1v) is 3.17. The molecule has 69 valence electrons. The Bertz CT molecular complexity index is 276. The van der Waals surface area contributed by atoms with Crippen LogP contribution in [0, 0.1) is 17.4 Å². The van der Waals surface area contributed by atoms with Crippen molar-refractivity contribution in [1.29, 1.82) is 5.26 Å². The Morgan fingerprint density at radius 3 is 1.93 bits per heavy atom. The van der Waals surface area contributed by atoms with E-state index in [4.69, 9.17) is 5.26 Å². The van der Waals surface area contributed by atoms with Crippen LogP contribution in [0.2, 0.25) is 0 Å². The molecule has 0 saturated carbocycles. The SMILES string of the molecule is F[B-](F)(F)F.N#Cc1[c]cccc1.[K+]. The van der Waals surface area contributed by atoms with E-state index in [1.165, 1.54) is 0 Å². The van der Waals surface area contributed by atoms with Crippen LogP contribution in [0.5, 0.6) is 0 Å². The summed E-state index contributed by atoms with van der Waals surface area (Å²) in [6.07, 6.45) is 0. The number of halogens is 4. The summed E-state index contributed by atoms with van der Waals surface area (Å²) in [6.45, 7) is 0. The number of hydrogen-bond donors (Lipinski definition) is 0. The minimum absolute atomic E-state index is 0. The maximum absolute atomic E-state index is 9.75. The Balaban J connectivity index is 0. The predicted molar refractivity (Wildman–Crippen MR) is 40.2 cm³/mol. The summed E-state index contributed by atoms with van der Waals surface area (Å²) in [5.74, 6) is 0. The van der Waals surface area contributed by atoms with Crippen molar-refractivity contribution in [3.8, 4) is 6.07 Å². The number of nitriles is 1. The quantitative estimate of drug-likeness (QED) is 0.440. The van der Waals surface area contributed by atoms with Gasteiger partial charge < -0.3 is 17.3 Å². The fourth-order valence-corrected chi connectivity index (χ4v) is 0.463. The van der Waals surface area contributed by atoms with E-state index in [1.54, 1.807) is 12.1 Å². The third-order valence-corrected chi connectivity index (χ3v) is 0.830. The Morgan fingerprint density at radius 1 is 1.21 bits per heavy atom. The fourth-order valence-electron chi connectivity index (χ4n) is 0.463. The third-order valence-electron chi connectivity index (χ3n) is 0.830. The van der Waals surface area contributed by atoms with Gasteiger partial charge in [0.2, 0.25) is 0 Å². The van der Waals surface area contributed by atoms with Crippen LogP contribution in [0.4, 0.5) is 17.3 Å². The molecular formula is C7H4BF4KN. The largest absolute Gasteiger partial charge is 1.00 e. The predicted octanol–water partition coefficient (Wildman–Crippen LogP) is -0.338. The Kier molecular flexibility index (Phi) is 9.98. The molecule has 1 radical (unpaired) electrons. The van der Waals surface area contributed by atoms with Crippen LogP contribution >= 0.6 is 0 Å². The van der Waals surface area contributed by atoms with Crippen LogP contribution in [-0.4, -0.2) is 7.25 Å². The van der Waals surface area contributed by atoms with Crippen molar-refractivity contribution in [3.05, 3.63) is 35.9 Å². The molecule has 0 saturated heterocycles. The summed E-state index contributed by atoms with van der Waals surface area (Å²) in [7, 11) is -6.00. The van der Waals surface area contributed by atoms with Crippen molar-refractivity contribution < 1.29 is 68.6 Å². The van der Waals surface area contributed by atoms with Crippen molar-refractivity contribution in [3.63, 3.8) is 0 Å². The molecule has 1 aromatic rings. The zero-order valence-corrected chi connectivity index (χ0v) is 10.5. The number of nitrogens with zero attached hydrogens (tertiary/aromatic N) is 1. The minimum atomic E-state index is -6.00. The zero-order chi connectivity index (χ0) is 10.3. The van der Waals surface area contributed by atoms with Crippen LogP contribution in [0.1, 0.15) is 5.56 Å². The summed E-state index contributed by atoms with van der Waals surface area (Å²) < 4.78 is 39.0. The first-order chi connectivity index (χ1) is 5.93. The van der Waals surface area contributed by atoms with Gasteiger partial charge in [-0.3, -0.25) is 0 Å². The van der Waals surface area contributed by atoms with Crippen molar-refractivity contribution in [2.24, 2.45) is 0 Å².